The molecular weight excluding hydrogens is 274 g/mol. The summed E-state index contributed by atoms with van der Waals surface area (Å²) in [6.07, 6.45) is 1.87. The maximum atomic E-state index is 5.92. The SMILES string of the molecule is CCOC(C(C)=Cc1ccccc1)n1nnc2ccccc21. The minimum atomic E-state index is -0.252. The fourth-order valence-electron chi connectivity index (χ4n) is 2.50. The summed E-state index contributed by atoms with van der Waals surface area (Å²) in [5.74, 6) is 0. The Morgan fingerprint density at radius 1 is 1.14 bits per heavy atom. The number of hydrogen-bond acceptors (Lipinski definition) is 3. The van der Waals surface area contributed by atoms with Gasteiger partial charge in [-0.25, -0.2) is 4.68 Å². The maximum absolute atomic E-state index is 5.92. The molecule has 2 aromatic carbocycles. The van der Waals surface area contributed by atoms with Crippen molar-refractivity contribution in [1.29, 1.82) is 0 Å². The van der Waals surface area contributed by atoms with Crippen molar-refractivity contribution in [3.8, 4) is 0 Å². The van der Waals surface area contributed by atoms with Gasteiger partial charge in [-0.1, -0.05) is 53.8 Å². The van der Waals surface area contributed by atoms with E-state index in [0.717, 1.165) is 22.2 Å². The summed E-state index contributed by atoms with van der Waals surface area (Å²) in [4.78, 5) is 0. The van der Waals surface area contributed by atoms with E-state index in [1.807, 2.05) is 54.1 Å². The molecule has 3 aromatic rings. The highest BCUT2D eigenvalue weighted by Gasteiger charge is 2.17. The first-order valence-electron chi connectivity index (χ1n) is 7.44. The van der Waals surface area contributed by atoms with Crippen molar-refractivity contribution in [3.05, 3.63) is 65.7 Å². The average Bonchev–Trinajstić information content (AvgIpc) is 2.97. The van der Waals surface area contributed by atoms with Gasteiger partial charge in [0.05, 0.1) is 5.52 Å². The monoisotopic (exact) mass is 293 g/mol. The highest BCUT2D eigenvalue weighted by atomic mass is 16.5. The molecule has 0 fully saturated rings. The summed E-state index contributed by atoms with van der Waals surface area (Å²) >= 11 is 0. The van der Waals surface area contributed by atoms with Crippen LogP contribution in [0.5, 0.6) is 0 Å². The maximum Gasteiger partial charge on any atom is 0.174 e. The molecule has 1 aromatic heterocycles. The Hall–Kier alpha value is -2.46. The lowest BCUT2D eigenvalue weighted by Gasteiger charge is -2.18. The molecule has 0 aliphatic rings. The Morgan fingerprint density at radius 3 is 2.64 bits per heavy atom. The van der Waals surface area contributed by atoms with Crippen LogP contribution in [-0.2, 0) is 4.74 Å². The second-order valence-corrected chi connectivity index (χ2v) is 5.13. The molecule has 22 heavy (non-hydrogen) atoms. The first-order chi connectivity index (χ1) is 10.8. The highest BCUT2D eigenvalue weighted by molar-refractivity contribution is 5.74. The van der Waals surface area contributed by atoms with Crippen molar-refractivity contribution in [1.82, 2.24) is 15.0 Å². The van der Waals surface area contributed by atoms with Gasteiger partial charge >= 0.3 is 0 Å². The molecule has 0 aliphatic heterocycles. The van der Waals surface area contributed by atoms with Crippen LogP contribution in [-0.4, -0.2) is 21.6 Å². The summed E-state index contributed by atoms with van der Waals surface area (Å²) in [7, 11) is 0. The smallest absolute Gasteiger partial charge is 0.174 e. The van der Waals surface area contributed by atoms with Crippen LogP contribution in [0.1, 0.15) is 25.6 Å². The van der Waals surface area contributed by atoms with Crippen LogP contribution >= 0.6 is 0 Å². The lowest BCUT2D eigenvalue weighted by Crippen LogP contribution is -2.16. The Balaban J connectivity index is 2.01. The highest BCUT2D eigenvalue weighted by Crippen LogP contribution is 2.24. The summed E-state index contributed by atoms with van der Waals surface area (Å²) in [6, 6.07) is 18.1. The number of hydrogen-bond donors (Lipinski definition) is 0. The van der Waals surface area contributed by atoms with Crippen LogP contribution < -0.4 is 0 Å². The molecule has 0 saturated heterocycles. The van der Waals surface area contributed by atoms with Crippen LogP contribution in [0.3, 0.4) is 0 Å². The van der Waals surface area contributed by atoms with Crippen molar-refractivity contribution >= 4 is 17.1 Å². The second-order valence-electron chi connectivity index (χ2n) is 5.13. The predicted octanol–water partition coefficient (Wildman–Crippen LogP) is 4.07. The van der Waals surface area contributed by atoms with Gasteiger partial charge in [-0.2, -0.15) is 0 Å². The molecule has 4 nitrogen and oxygen atoms in total. The van der Waals surface area contributed by atoms with Crippen LogP contribution in [0, 0.1) is 0 Å². The van der Waals surface area contributed by atoms with E-state index in [1.54, 1.807) is 0 Å². The second kappa shape index (κ2) is 6.54. The molecule has 0 N–H and O–H groups in total. The molecule has 112 valence electrons. The van der Waals surface area contributed by atoms with E-state index in [4.69, 9.17) is 4.74 Å². The number of benzene rings is 2. The van der Waals surface area contributed by atoms with Gasteiger partial charge in [0.1, 0.15) is 5.52 Å². The normalized spacial score (nSPS) is 13.5. The fourth-order valence-corrected chi connectivity index (χ4v) is 2.50. The first kappa shape index (κ1) is 14.5. The molecule has 1 unspecified atom stereocenters. The zero-order chi connectivity index (χ0) is 15.4. The van der Waals surface area contributed by atoms with Gasteiger partial charge < -0.3 is 4.74 Å². The van der Waals surface area contributed by atoms with Gasteiger partial charge in [-0.15, -0.1) is 5.10 Å². The van der Waals surface area contributed by atoms with Gasteiger partial charge in [0.2, 0.25) is 0 Å². The third kappa shape index (κ3) is 2.92. The lowest BCUT2D eigenvalue weighted by molar-refractivity contribution is 0.0318. The summed E-state index contributed by atoms with van der Waals surface area (Å²) in [5.41, 5.74) is 4.08. The molecule has 0 radical (unpaired) electrons. The summed E-state index contributed by atoms with van der Waals surface area (Å²) in [6.45, 7) is 4.66. The molecule has 0 aliphatic carbocycles. The summed E-state index contributed by atoms with van der Waals surface area (Å²) in [5, 5.41) is 8.49. The van der Waals surface area contributed by atoms with Crippen LogP contribution in [0.25, 0.3) is 17.1 Å². The molecular formula is C18H19N3O. The number of para-hydroxylation sites is 1. The minimum Gasteiger partial charge on any atom is -0.353 e. The Morgan fingerprint density at radius 2 is 1.86 bits per heavy atom. The number of rotatable bonds is 5. The van der Waals surface area contributed by atoms with Gasteiger partial charge in [0, 0.05) is 6.61 Å². The van der Waals surface area contributed by atoms with Crippen LogP contribution in [0.15, 0.2) is 60.2 Å². The van der Waals surface area contributed by atoms with E-state index in [2.05, 4.69) is 35.4 Å². The Bertz CT molecular complexity index is 777. The van der Waals surface area contributed by atoms with Crippen molar-refractivity contribution in [2.75, 3.05) is 6.61 Å². The third-order valence-electron chi connectivity index (χ3n) is 3.51. The molecule has 0 saturated carbocycles. The van der Waals surface area contributed by atoms with Crippen molar-refractivity contribution in [3.63, 3.8) is 0 Å². The Kier molecular flexibility index (Phi) is 4.30. The molecule has 0 spiro atoms. The average molecular weight is 293 g/mol. The van der Waals surface area contributed by atoms with Gasteiger partial charge in [-0.3, -0.25) is 0 Å². The zero-order valence-electron chi connectivity index (χ0n) is 12.8. The predicted molar refractivity (Wildman–Crippen MR) is 88.3 cm³/mol. The van der Waals surface area contributed by atoms with E-state index < -0.39 is 0 Å². The molecule has 3 rings (SSSR count). The quantitative estimate of drug-likeness (QED) is 0.712. The van der Waals surface area contributed by atoms with Gasteiger partial charge in [0.15, 0.2) is 6.23 Å². The molecule has 4 heteroatoms. The number of fused-ring (bicyclic) bond motifs is 1. The number of ether oxygens (including phenoxy) is 1. The van der Waals surface area contributed by atoms with E-state index in [9.17, 15) is 0 Å². The zero-order valence-corrected chi connectivity index (χ0v) is 12.8. The standard InChI is InChI=1S/C18H19N3O/c1-3-22-18(14(2)13-15-9-5-4-6-10-15)21-17-12-8-7-11-16(17)19-20-21/h4-13,18H,3H2,1-2H3. The number of aromatic nitrogens is 3. The van der Waals surface area contributed by atoms with Gasteiger partial charge in [-0.05, 0) is 37.1 Å². The van der Waals surface area contributed by atoms with E-state index in [1.165, 1.54) is 0 Å². The van der Waals surface area contributed by atoms with Crippen molar-refractivity contribution in [2.45, 2.75) is 20.1 Å². The van der Waals surface area contributed by atoms with E-state index >= 15 is 0 Å². The third-order valence-corrected chi connectivity index (χ3v) is 3.51. The van der Waals surface area contributed by atoms with E-state index in [-0.39, 0.29) is 6.23 Å². The van der Waals surface area contributed by atoms with Crippen molar-refractivity contribution in [2.24, 2.45) is 0 Å². The Labute approximate surface area is 130 Å². The lowest BCUT2D eigenvalue weighted by atomic mass is 10.1. The molecule has 0 amide bonds. The van der Waals surface area contributed by atoms with E-state index in [0.29, 0.717) is 6.61 Å². The van der Waals surface area contributed by atoms with Crippen LogP contribution in [0.2, 0.25) is 0 Å². The van der Waals surface area contributed by atoms with Gasteiger partial charge in [0.25, 0.3) is 0 Å². The molecule has 1 heterocycles. The number of nitrogens with zero attached hydrogens (tertiary/aromatic N) is 3. The molecule has 0 bridgehead atoms. The largest absolute Gasteiger partial charge is 0.353 e. The molecule has 1 atom stereocenters. The topological polar surface area (TPSA) is 39.9 Å². The van der Waals surface area contributed by atoms with Crippen LogP contribution in [0.4, 0.5) is 0 Å². The first-order valence-corrected chi connectivity index (χ1v) is 7.44. The minimum absolute atomic E-state index is 0.252. The summed E-state index contributed by atoms with van der Waals surface area (Å²) < 4.78 is 7.76. The van der Waals surface area contributed by atoms with Crippen molar-refractivity contribution < 1.29 is 4.74 Å². The fraction of sp³-hybridized carbons (Fsp3) is 0.222.